The zero-order valence-electron chi connectivity index (χ0n) is 15.9. The maximum atomic E-state index is 12.4. The van der Waals surface area contributed by atoms with Crippen molar-refractivity contribution in [3.8, 4) is 0 Å². The first kappa shape index (κ1) is 20.2. The Labute approximate surface area is 153 Å². The number of ether oxygens (including phenoxy) is 1. The Hall–Kier alpha value is -2.12. The standard InChI is InChI=1S/C18H28N2O6/c1-12(19-16(24)25-17(2,3)4)15(23)26-20-13(21)10-18(11-14(20)22)8-6-5-7-9-18/h12H,5-11H2,1-4H3,(H,19,24)/t12-/m0/s1. The average molecular weight is 368 g/mol. The molecule has 1 spiro atoms. The zero-order valence-corrected chi connectivity index (χ0v) is 15.9. The fraction of sp³-hybridized carbons (Fsp3) is 0.778. The summed E-state index contributed by atoms with van der Waals surface area (Å²) in [6.07, 6.45) is 4.48. The van der Waals surface area contributed by atoms with Gasteiger partial charge in [0.15, 0.2) is 0 Å². The highest BCUT2D eigenvalue weighted by Crippen LogP contribution is 2.45. The average Bonchev–Trinajstić information content (AvgIpc) is 2.49. The van der Waals surface area contributed by atoms with Crippen molar-refractivity contribution in [3.63, 3.8) is 0 Å². The quantitative estimate of drug-likeness (QED) is 0.768. The molecule has 0 aromatic carbocycles. The zero-order chi connectivity index (χ0) is 19.5. The van der Waals surface area contributed by atoms with Crippen LogP contribution in [0.15, 0.2) is 0 Å². The lowest BCUT2D eigenvalue weighted by Crippen LogP contribution is -2.51. The second-order valence-electron chi connectivity index (χ2n) is 8.27. The number of hydrogen-bond acceptors (Lipinski definition) is 6. The van der Waals surface area contributed by atoms with E-state index in [9.17, 15) is 19.2 Å². The van der Waals surface area contributed by atoms with E-state index in [1.165, 1.54) is 6.92 Å². The van der Waals surface area contributed by atoms with Gasteiger partial charge >= 0.3 is 12.1 Å². The molecule has 8 nitrogen and oxygen atoms in total. The highest BCUT2D eigenvalue weighted by molar-refractivity contribution is 5.98. The lowest BCUT2D eigenvalue weighted by Gasteiger charge is -2.41. The van der Waals surface area contributed by atoms with Crippen molar-refractivity contribution in [3.05, 3.63) is 0 Å². The van der Waals surface area contributed by atoms with Crippen molar-refractivity contribution in [2.45, 2.75) is 84.3 Å². The van der Waals surface area contributed by atoms with Gasteiger partial charge in [0, 0.05) is 12.8 Å². The normalized spacial score (nSPS) is 21.3. The first-order valence-electron chi connectivity index (χ1n) is 9.08. The first-order chi connectivity index (χ1) is 12.0. The van der Waals surface area contributed by atoms with Crippen molar-refractivity contribution in [1.82, 2.24) is 10.4 Å². The van der Waals surface area contributed by atoms with Gasteiger partial charge in [-0.15, -0.1) is 5.06 Å². The number of hydrogen-bond donors (Lipinski definition) is 1. The molecule has 2 rings (SSSR count). The fourth-order valence-corrected chi connectivity index (χ4v) is 3.46. The minimum Gasteiger partial charge on any atom is -0.444 e. The number of nitrogens with one attached hydrogen (secondary N) is 1. The Morgan fingerprint density at radius 3 is 2.12 bits per heavy atom. The first-order valence-corrected chi connectivity index (χ1v) is 9.08. The molecule has 0 aromatic rings. The number of rotatable bonds is 3. The second-order valence-corrected chi connectivity index (χ2v) is 8.27. The van der Waals surface area contributed by atoms with E-state index in [1.54, 1.807) is 20.8 Å². The third-order valence-corrected chi connectivity index (χ3v) is 4.69. The molecule has 1 N–H and O–H groups in total. The molecule has 1 atom stereocenters. The number of hydroxylamine groups is 2. The lowest BCUT2D eigenvalue weighted by atomic mass is 9.68. The van der Waals surface area contributed by atoms with Crippen molar-refractivity contribution in [2.75, 3.05) is 0 Å². The molecule has 0 bridgehead atoms. The Bertz CT molecular complexity index is 569. The Kier molecular flexibility index (Phi) is 5.93. The summed E-state index contributed by atoms with van der Waals surface area (Å²) in [6, 6.07) is -1.06. The Morgan fingerprint density at radius 2 is 1.62 bits per heavy atom. The number of carbonyl (C=O) groups is 4. The summed E-state index contributed by atoms with van der Waals surface area (Å²) < 4.78 is 5.06. The summed E-state index contributed by atoms with van der Waals surface area (Å²) in [5.41, 5.74) is -0.990. The van der Waals surface area contributed by atoms with Crippen LogP contribution in [0.1, 0.15) is 72.6 Å². The van der Waals surface area contributed by atoms with E-state index in [4.69, 9.17) is 9.57 Å². The van der Waals surface area contributed by atoms with E-state index in [1.807, 2.05) is 0 Å². The maximum absolute atomic E-state index is 12.4. The van der Waals surface area contributed by atoms with Gasteiger partial charge in [0.05, 0.1) is 0 Å². The molecule has 1 saturated heterocycles. The molecule has 3 amide bonds. The van der Waals surface area contributed by atoms with Crippen LogP contribution in [0.5, 0.6) is 0 Å². The summed E-state index contributed by atoms with van der Waals surface area (Å²) in [5, 5.41) is 2.88. The molecular formula is C18H28N2O6. The van der Waals surface area contributed by atoms with Gasteiger partial charge < -0.3 is 14.9 Å². The van der Waals surface area contributed by atoms with E-state index in [0.717, 1.165) is 32.1 Å². The van der Waals surface area contributed by atoms with Crippen LogP contribution in [-0.2, 0) is 24.0 Å². The van der Waals surface area contributed by atoms with Crippen LogP contribution in [0.25, 0.3) is 0 Å². The molecule has 8 heteroatoms. The third-order valence-electron chi connectivity index (χ3n) is 4.69. The molecule has 1 aliphatic heterocycles. The summed E-state index contributed by atoms with van der Waals surface area (Å²) in [6.45, 7) is 6.49. The molecule has 0 radical (unpaired) electrons. The minimum absolute atomic E-state index is 0.208. The molecule has 26 heavy (non-hydrogen) atoms. The van der Waals surface area contributed by atoms with Crippen LogP contribution in [0.2, 0.25) is 0 Å². The largest absolute Gasteiger partial charge is 0.444 e. The van der Waals surface area contributed by atoms with Crippen molar-refractivity contribution >= 4 is 23.9 Å². The second kappa shape index (κ2) is 7.63. The molecule has 0 aromatic heterocycles. The van der Waals surface area contributed by atoms with E-state index >= 15 is 0 Å². The molecular weight excluding hydrogens is 340 g/mol. The monoisotopic (exact) mass is 368 g/mol. The van der Waals surface area contributed by atoms with Crippen LogP contribution in [0.4, 0.5) is 4.79 Å². The number of nitrogens with zero attached hydrogens (tertiary/aromatic N) is 1. The number of alkyl carbamates (subject to hydrolysis) is 1. The number of amides is 3. The molecule has 1 aliphatic carbocycles. The number of carbonyl (C=O) groups excluding carboxylic acids is 4. The van der Waals surface area contributed by atoms with Crippen LogP contribution < -0.4 is 5.32 Å². The van der Waals surface area contributed by atoms with Crippen molar-refractivity contribution in [1.29, 1.82) is 0 Å². The van der Waals surface area contributed by atoms with Gasteiger partial charge in [0.25, 0.3) is 11.8 Å². The van der Waals surface area contributed by atoms with E-state index in [0.29, 0.717) is 5.06 Å². The summed E-state index contributed by atoms with van der Waals surface area (Å²) in [4.78, 5) is 53.5. The molecule has 1 heterocycles. The summed E-state index contributed by atoms with van der Waals surface area (Å²) in [7, 11) is 0. The minimum atomic E-state index is -1.06. The van der Waals surface area contributed by atoms with E-state index in [2.05, 4.69) is 5.32 Å². The molecule has 146 valence electrons. The van der Waals surface area contributed by atoms with Crippen LogP contribution in [-0.4, -0.2) is 40.6 Å². The molecule has 2 fully saturated rings. The van der Waals surface area contributed by atoms with Gasteiger partial charge in [-0.25, -0.2) is 9.59 Å². The van der Waals surface area contributed by atoms with Gasteiger partial charge in [0.2, 0.25) is 0 Å². The lowest BCUT2D eigenvalue weighted by molar-refractivity contribution is -0.211. The summed E-state index contributed by atoms with van der Waals surface area (Å²) >= 11 is 0. The van der Waals surface area contributed by atoms with Gasteiger partial charge in [-0.3, -0.25) is 9.59 Å². The van der Waals surface area contributed by atoms with Crippen LogP contribution in [0, 0.1) is 5.41 Å². The Morgan fingerprint density at radius 1 is 1.08 bits per heavy atom. The van der Waals surface area contributed by atoms with Crippen LogP contribution in [0.3, 0.4) is 0 Å². The Balaban J connectivity index is 1.91. The van der Waals surface area contributed by atoms with Gasteiger partial charge in [-0.2, -0.15) is 0 Å². The molecule has 1 saturated carbocycles. The molecule has 2 aliphatic rings. The topological polar surface area (TPSA) is 102 Å². The summed E-state index contributed by atoms with van der Waals surface area (Å²) in [5.74, 6) is -1.89. The SMILES string of the molecule is C[C@H](NC(=O)OC(C)(C)C)C(=O)ON1C(=O)CC2(CCCCC2)CC1=O. The van der Waals surface area contributed by atoms with Gasteiger partial charge in [0.1, 0.15) is 11.6 Å². The highest BCUT2D eigenvalue weighted by Gasteiger charge is 2.46. The van der Waals surface area contributed by atoms with E-state index < -0.39 is 35.5 Å². The fourth-order valence-electron chi connectivity index (χ4n) is 3.46. The third kappa shape index (κ3) is 5.19. The van der Waals surface area contributed by atoms with Crippen LogP contribution >= 0.6 is 0 Å². The van der Waals surface area contributed by atoms with Crippen molar-refractivity contribution in [2.24, 2.45) is 5.41 Å². The molecule has 0 unspecified atom stereocenters. The maximum Gasteiger partial charge on any atom is 0.408 e. The van der Waals surface area contributed by atoms with Crippen molar-refractivity contribution < 1.29 is 28.8 Å². The number of piperidine rings is 1. The van der Waals surface area contributed by atoms with E-state index in [-0.39, 0.29) is 18.3 Å². The predicted octanol–water partition coefficient (Wildman–Crippen LogP) is 2.46. The highest BCUT2D eigenvalue weighted by atomic mass is 16.7. The predicted molar refractivity (Wildman–Crippen MR) is 91.5 cm³/mol. The van der Waals surface area contributed by atoms with Gasteiger partial charge in [-0.05, 0) is 46.0 Å². The van der Waals surface area contributed by atoms with Gasteiger partial charge in [-0.1, -0.05) is 19.3 Å². The number of imide groups is 1. The smallest absolute Gasteiger partial charge is 0.408 e.